The van der Waals surface area contributed by atoms with Gasteiger partial charge in [0.1, 0.15) is 0 Å². The lowest BCUT2D eigenvalue weighted by Crippen LogP contribution is -1.50. The molecular formula is C3H6N4. The third kappa shape index (κ3) is 4.94. The molecule has 0 aromatic rings. The molecule has 0 fully saturated rings. The van der Waals surface area contributed by atoms with Crippen molar-refractivity contribution in [1.82, 2.24) is 0 Å². The maximum Gasteiger partial charge on any atom is 0.0258 e. The van der Waals surface area contributed by atoms with E-state index in [1.54, 1.807) is 6.92 Å². The molecule has 0 rings (SSSR count). The van der Waals surface area contributed by atoms with Gasteiger partial charge in [0.25, 0.3) is 0 Å². The molecular weight excluding hydrogens is 92.1 g/mol. The molecule has 0 aromatic heterocycles. The minimum absolute atomic E-state index is 1.51. The summed E-state index contributed by atoms with van der Waals surface area (Å²) in [6, 6.07) is 0. The number of hydrogen-bond acceptors (Lipinski definition) is 2. The Morgan fingerprint density at radius 1 is 1.43 bits per heavy atom. The van der Waals surface area contributed by atoms with Gasteiger partial charge in [-0.25, -0.2) is 0 Å². The zero-order valence-corrected chi connectivity index (χ0v) is 4.07. The normalized spacial score (nSPS) is 11.0. The predicted octanol–water partition coefficient (Wildman–Crippen LogP) is 1.06. The highest BCUT2D eigenvalue weighted by Gasteiger charge is 1.53. The van der Waals surface area contributed by atoms with Crippen molar-refractivity contribution < 1.29 is 0 Å². The van der Waals surface area contributed by atoms with E-state index in [0.29, 0.717) is 0 Å². The van der Waals surface area contributed by atoms with Crippen molar-refractivity contribution in [2.75, 3.05) is 0 Å². The second-order valence-corrected chi connectivity index (χ2v) is 0.694. The molecule has 0 aliphatic carbocycles. The standard InChI is InChI=1S/C3H6N4/c1-3-5-7-6-4-2/h3H,2H2,1H3. The highest BCUT2D eigenvalue weighted by molar-refractivity contribution is 5.52. The van der Waals surface area contributed by atoms with Gasteiger partial charge in [-0.15, -0.1) is 10.2 Å². The number of rotatable bonds is 2. The van der Waals surface area contributed by atoms with Crippen molar-refractivity contribution in [1.29, 1.82) is 0 Å². The van der Waals surface area contributed by atoms with Crippen LogP contribution >= 0.6 is 0 Å². The van der Waals surface area contributed by atoms with Crippen molar-refractivity contribution >= 4 is 12.9 Å². The molecule has 0 aliphatic heterocycles. The van der Waals surface area contributed by atoms with Gasteiger partial charge in [0.2, 0.25) is 0 Å². The fourth-order valence-electron chi connectivity index (χ4n) is 0.103. The van der Waals surface area contributed by atoms with E-state index in [0.717, 1.165) is 0 Å². The minimum atomic E-state index is 1.51. The molecule has 0 atom stereocenters. The van der Waals surface area contributed by atoms with Gasteiger partial charge in [-0.05, 0) is 17.4 Å². The smallest absolute Gasteiger partial charge is 0.0258 e. The van der Waals surface area contributed by atoms with E-state index >= 15 is 0 Å². The Labute approximate surface area is 41.6 Å². The van der Waals surface area contributed by atoms with Crippen molar-refractivity contribution in [2.45, 2.75) is 6.92 Å². The molecule has 0 saturated carbocycles. The molecule has 38 valence electrons. The van der Waals surface area contributed by atoms with Crippen LogP contribution in [0.2, 0.25) is 0 Å². The zero-order valence-electron chi connectivity index (χ0n) is 4.07. The fraction of sp³-hybridized carbons (Fsp3) is 0.333. The van der Waals surface area contributed by atoms with Gasteiger partial charge < -0.3 is 0 Å². The molecule has 0 aromatic carbocycles. The largest absolute Gasteiger partial charge is 0.145 e. The molecule has 0 saturated heterocycles. The van der Waals surface area contributed by atoms with Crippen LogP contribution in [0.4, 0.5) is 0 Å². The third-order valence-corrected chi connectivity index (χ3v) is 0.270. The number of hydrogen-bond donors (Lipinski definition) is 0. The SMILES string of the molecule is C=NN=NN=CC. The molecule has 0 N–H and O–H groups in total. The van der Waals surface area contributed by atoms with E-state index in [1.165, 1.54) is 6.21 Å². The van der Waals surface area contributed by atoms with Gasteiger partial charge in [0.15, 0.2) is 0 Å². The second-order valence-electron chi connectivity index (χ2n) is 0.694. The van der Waals surface area contributed by atoms with Crippen LogP contribution in [0, 0.1) is 0 Å². The highest BCUT2D eigenvalue weighted by atomic mass is 15.5. The summed E-state index contributed by atoms with van der Waals surface area (Å²) in [4.78, 5) is 0. The first-order chi connectivity index (χ1) is 3.41. The molecule has 4 nitrogen and oxygen atoms in total. The fourth-order valence-corrected chi connectivity index (χ4v) is 0.103. The summed E-state index contributed by atoms with van der Waals surface area (Å²) in [6.07, 6.45) is 1.51. The highest BCUT2D eigenvalue weighted by Crippen LogP contribution is 1.72. The first kappa shape index (κ1) is 5.94. The summed E-state index contributed by atoms with van der Waals surface area (Å²) >= 11 is 0. The maximum atomic E-state index is 3.36. The van der Waals surface area contributed by atoms with Crippen LogP contribution in [-0.4, -0.2) is 12.9 Å². The Morgan fingerprint density at radius 3 is 2.57 bits per heavy atom. The summed E-state index contributed by atoms with van der Waals surface area (Å²) in [5.74, 6) is 0. The van der Waals surface area contributed by atoms with E-state index < -0.39 is 0 Å². The lowest BCUT2D eigenvalue weighted by molar-refractivity contribution is 0.967. The van der Waals surface area contributed by atoms with Gasteiger partial charge in [-0.1, -0.05) is 0 Å². The van der Waals surface area contributed by atoms with Crippen molar-refractivity contribution in [3.8, 4) is 0 Å². The summed E-state index contributed by atoms with van der Waals surface area (Å²) in [5, 5.41) is 12.7. The summed E-state index contributed by atoms with van der Waals surface area (Å²) in [7, 11) is 0. The van der Waals surface area contributed by atoms with Crippen LogP contribution in [0.3, 0.4) is 0 Å². The average Bonchev–Trinajstić information content (AvgIpc) is 1.69. The van der Waals surface area contributed by atoms with Crippen molar-refractivity contribution in [2.24, 2.45) is 20.6 Å². The van der Waals surface area contributed by atoms with Crippen molar-refractivity contribution in [3.63, 3.8) is 0 Å². The molecule has 0 unspecified atom stereocenters. The zero-order chi connectivity index (χ0) is 5.54. The van der Waals surface area contributed by atoms with E-state index in [9.17, 15) is 0 Å². The molecule has 0 amide bonds. The average molecular weight is 98.1 g/mol. The summed E-state index contributed by atoms with van der Waals surface area (Å²) in [6.45, 7) is 4.79. The Morgan fingerprint density at radius 2 is 2.14 bits per heavy atom. The molecule has 0 radical (unpaired) electrons. The molecule has 0 spiro atoms. The van der Waals surface area contributed by atoms with E-state index in [4.69, 9.17) is 0 Å². The van der Waals surface area contributed by atoms with Gasteiger partial charge in [0.05, 0.1) is 0 Å². The predicted molar refractivity (Wildman–Crippen MR) is 28.6 cm³/mol. The Balaban J connectivity index is 3.27. The van der Waals surface area contributed by atoms with E-state index in [-0.39, 0.29) is 0 Å². The van der Waals surface area contributed by atoms with Crippen LogP contribution in [0.5, 0.6) is 0 Å². The Hall–Kier alpha value is -1.06. The van der Waals surface area contributed by atoms with E-state index in [1.807, 2.05) is 0 Å². The molecule has 0 aliphatic rings. The molecule has 4 heteroatoms. The number of nitrogens with zero attached hydrogens (tertiary/aromatic N) is 4. The van der Waals surface area contributed by atoms with E-state index in [2.05, 4.69) is 27.4 Å². The summed E-state index contributed by atoms with van der Waals surface area (Å²) in [5.41, 5.74) is 0. The van der Waals surface area contributed by atoms with Crippen LogP contribution in [-0.2, 0) is 0 Å². The monoisotopic (exact) mass is 98.1 g/mol. The first-order valence-corrected chi connectivity index (χ1v) is 1.75. The van der Waals surface area contributed by atoms with Crippen LogP contribution in [0.1, 0.15) is 6.92 Å². The van der Waals surface area contributed by atoms with Gasteiger partial charge in [-0.2, -0.15) is 0 Å². The van der Waals surface area contributed by atoms with Crippen LogP contribution < -0.4 is 0 Å². The second kappa shape index (κ2) is 4.94. The lowest BCUT2D eigenvalue weighted by atomic mass is 10.9. The lowest BCUT2D eigenvalue weighted by Gasteiger charge is -1.64. The topological polar surface area (TPSA) is 49.4 Å². The minimum Gasteiger partial charge on any atom is -0.145 e. The van der Waals surface area contributed by atoms with Crippen LogP contribution in [0.15, 0.2) is 20.6 Å². The van der Waals surface area contributed by atoms with Gasteiger partial charge >= 0.3 is 0 Å². The van der Waals surface area contributed by atoms with Crippen molar-refractivity contribution in [3.05, 3.63) is 0 Å². The Kier molecular flexibility index (Phi) is 4.19. The van der Waals surface area contributed by atoms with Gasteiger partial charge in [0, 0.05) is 12.9 Å². The quantitative estimate of drug-likeness (QED) is 0.281. The molecule has 7 heavy (non-hydrogen) atoms. The first-order valence-electron chi connectivity index (χ1n) is 1.75. The maximum absolute atomic E-state index is 3.36. The molecule has 0 heterocycles. The third-order valence-electron chi connectivity index (χ3n) is 0.270. The van der Waals surface area contributed by atoms with Gasteiger partial charge in [-0.3, -0.25) is 0 Å². The Bertz CT molecular complexity index is 93.1. The summed E-state index contributed by atoms with van der Waals surface area (Å²) < 4.78 is 0. The van der Waals surface area contributed by atoms with Crippen LogP contribution in [0.25, 0.3) is 0 Å². The molecule has 0 bridgehead atoms.